The van der Waals surface area contributed by atoms with Crippen LogP contribution in [0.3, 0.4) is 0 Å². The van der Waals surface area contributed by atoms with Gasteiger partial charge in [-0.3, -0.25) is 4.79 Å². The molecule has 0 fully saturated rings. The summed E-state index contributed by atoms with van der Waals surface area (Å²) >= 11 is 0. The number of benzene rings is 1. The van der Waals surface area contributed by atoms with Gasteiger partial charge in [-0.15, -0.1) is 0 Å². The largest absolute Gasteiger partial charge is 0.493 e. The maximum Gasteiger partial charge on any atom is 0.338 e. The first-order chi connectivity index (χ1) is 13.9. The molecule has 0 saturated carbocycles. The van der Waals surface area contributed by atoms with Crippen molar-refractivity contribution < 1.29 is 38.0 Å². The van der Waals surface area contributed by atoms with Crippen LogP contribution in [0, 0.1) is 11.3 Å². The average Bonchev–Trinajstić information content (AvgIpc) is 3.20. The number of carbonyl (C=O) groups excluding carboxylic acids is 2. The minimum absolute atomic E-state index is 0.000696. The lowest BCUT2D eigenvalue weighted by molar-refractivity contribution is -0.140. The quantitative estimate of drug-likeness (QED) is 0.715. The number of ether oxygens (including phenoxy) is 6. The topological polar surface area (TPSA) is 139 Å². The molecule has 0 aromatic heterocycles. The van der Waals surface area contributed by atoms with Gasteiger partial charge in [0.1, 0.15) is 23.8 Å². The predicted molar refractivity (Wildman–Crippen MR) is 95.4 cm³/mol. The average molecular weight is 402 g/mol. The van der Waals surface area contributed by atoms with Crippen LogP contribution in [0.2, 0.25) is 0 Å². The highest BCUT2D eigenvalue weighted by Gasteiger charge is 2.39. The molecule has 2 aliphatic heterocycles. The second-order valence-corrected chi connectivity index (χ2v) is 5.96. The van der Waals surface area contributed by atoms with E-state index < -0.39 is 17.9 Å². The second-order valence-electron chi connectivity index (χ2n) is 5.96. The van der Waals surface area contributed by atoms with E-state index in [2.05, 4.69) is 4.74 Å². The Kier molecular flexibility index (Phi) is 5.50. The molecule has 2 heterocycles. The Labute approximate surface area is 166 Å². The maximum absolute atomic E-state index is 12.6. The van der Waals surface area contributed by atoms with Crippen molar-refractivity contribution in [3.63, 3.8) is 0 Å². The summed E-state index contributed by atoms with van der Waals surface area (Å²) in [6.07, 6.45) is -0.376. The molecule has 0 unspecified atom stereocenters. The zero-order valence-corrected chi connectivity index (χ0v) is 15.9. The van der Waals surface area contributed by atoms with Crippen LogP contribution in [0.15, 0.2) is 34.9 Å². The molecule has 0 aliphatic carbocycles. The highest BCUT2D eigenvalue weighted by atomic mass is 16.7. The number of rotatable bonds is 5. The van der Waals surface area contributed by atoms with Gasteiger partial charge in [0.25, 0.3) is 0 Å². The summed E-state index contributed by atoms with van der Waals surface area (Å²) in [5.74, 6) is -1.61. The van der Waals surface area contributed by atoms with E-state index >= 15 is 0 Å². The van der Waals surface area contributed by atoms with E-state index in [1.165, 1.54) is 21.3 Å². The Morgan fingerprint density at radius 3 is 2.62 bits per heavy atom. The highest BCUT2D eigenvalue weighted by Crippen LogP contribution is 2.47. The van der Waals surface area contributed by atoms with Gasteiger partial charge in [0.2, 0.25) is 18.4 Å². The molecule has 0 amide bonds. The highest BCUT2D eigenvalue weighted by molar-refractivity contribution is 5.93. The molecule has 1 aromatic rings. The predicted octanol–water partition coefficient (Wildman–Crippen LogP) is 1.22. The van der Waals surface area contributed by atoms with Crippen LogP contribution in [0.1, 0.15) is 17.9 Å². The van der Waals surface area contributed by atoms with Crippen LogP contribution in [0.4, 0.5) is 0 Å². The van der Waals surface area contributed by atoms with E-state index in [0.29, 0.717) is 22.8 Å². The standard InChI is InChI=1S/C19H18N2O8/c1-24-12-4-9(5-13-17(12)28-8-27-13)15-10(7-20)18(21)29-11(6-14(22)25-2)16(15)19(23)26-3/h4-5,15H,6,8,21H2,1-3H3/t15-/m0/s1. The number of nitrogens with zero attached hydrogens (tertiary/aromatic N) is 1. The molecule has 2 aliphatic rings. The minimum Gasteiger partial charge on any atom is -0.493 e. The van der Waals surface area contributed by atoms with Crippen molar-refractivity contribution in [2.24, 2.45) is 5.73 Å². The Morgan fingerprint density at radius 2 is 2.00 bits per heavy atom. The summed E-state index contributed by atoms with van der Waals surface area (Å²) in [6, 6.07) is 5.15. The monoisotopic (exact) mass is 402 g/mol. The first-order valence-electron chi connectivity index (χ1n) is 8.38. The minimum atomic E-state index is -0.982. The molecular formula is C19H18N2O8. The molecule has 10 heteroatoms. The number of esters is 2. The van der Waals surface area contributed by atoms with Crippen LogP contribution in [-0.2, 0) is 23.8 Å². The number of allylic oxidation sites excluding steroid dienone is 1. The van der Waals surface area contributed by atoms with Crippen molar-refractivity contribution >= 4 is 11.9 Å². The molecular weight excluding hydrogens is 384 g/mol. The molecule has 2 N–H and O–H groups in total. The second kappa shape index (κ2) is 8.02. The summed E-state index contributed by atoms with van der Waals surface area (Å²) in [6.45, 7) is -0.000696. The lowest BCUT2D eigenvalue weighted by atomic mass is 9.82. The van der Waals surface area contributed by atoms with Crippen molar-refractivity contribution in [3.8, 4) is 23.3 Å². The zero-order chi connectivity index (χ0) is 21.1. The molecule has 3 rings (SSSR count). The van der Waals surface area contributed by atoms with Crippen LogP contribution in [-0.4, -0.2) is 40.1 Å². The summed E-state index contributed by atoms with van der Waals surface area (Å²) < 4.78 is 31.1. The normalized spacial score (nSPS) is 17.4. The van der Waals surface area contributed by atoms with Gasteiger partial charge < -0.3 is 34.2 Å². The van der Waals surface area contributed by atoms with Gasteiger partial charge in [0.05, 0.1) is 32.8 Å². The lowest BCUT2D eigenvalue weighted by Crippen LogP contribution is -2.27. The summed E-state index contributed by atoms with van der Waals surface area (Å²) in [7, 11) is 3.82. The van der Waals surface area contributed by atoms with Crippen LogP contribution in [0.25, 0.3) is 0 Å². The SMILES string of the molecule is COC(=O)CC1=C(C(=O)OC)[C@@H](c2cc(OC)c3c(c2)OCO3)C(C#N)=C(N)O1. The molecule has 152 valence electrons. The van der Waals surface area contributed by atoms with Gasteiger partial charge >= 0.3 is 11.9 Å². The fraction of sp³-hybridized carbons (Fsp3) is 0.316. The fourth-order valence-electron chi connectivity index (χ4n) is 3.14. The Balaban J connectivity index is 2.23. The summed E-state index contributed by atoms with van der Waals surface area (Å²) in [5.41, 5.74) is 6.28. The smallest absolute Gasteiger partial charge is 0.338 e. The van der Waals surface area contributed by atoms with Crippen LogP contribution in [0.5, 0.6) is 17.2 Å². The molecule has 1 aromatic carbocycles. The number of fused-ring (bicyclic) bond motifs is 1. The Bertz CT molecular complexity index is 973. The number of hydrogen-bond acceptors (Lipinski definition) is 10. The van der Waals surface area contributed by atoms with E-state index in [-0.39, 0.29) is 36.0 Å². The van der Waals surface area contributed by atoms with E-state index in [1.807, 2.05) is 6.07 Å². The van der Waals surface area contributed by atoms with Gasteiger partial charge in [-0.1, -0.05) is 0 Å². The number of hydrogen-bond donors (Lipinski definition) is 1. The third kappa shape index (κ3) is 3.50. The van der Waals surface area contributed by atoms with Gasteiger partial charge in [0, 0.05) is 0 Å². The first kappa shape index (κ1) is 19.9. The molecule has 0 saturated heterocycles. The maximum atomic E-state index is 12.6. The number of carbonyl (C=O) groups is 2. The molecule has 0 bridgehead atoms. The molecule has 0 radical (unpaired) electrons. The van der Waals surface area contributed by atoms with Gasteiger partial charge in [0.15, 0.2) is 11.5 Å². The molecule has 29 heavy (non-hydrogen) atoms. The van der Waals surface area contributed by atoms with Crippen LogP contribution < -0.4 is 19.9 Å². The van der Waals surface area contributed by atoms with Crippen molar-refractivity contribution in [1.29, 1.82) is 5.26 Å². The molecule has 10 nitrogen and oxygen atoms in total. The Hall–Kier alpha value is -3.87. The first-order valence-corrected chi connectivity index (χ1v) is 8.38. The number of nitriles is 1. The van der Waals surface area contributed by atoms with Gasteiger partial charge in [-0.05, 0) is 17.7 Å². The lowest BCUT2D eigenvalue weighted by Gasteiger charge is -2.28. The van der Waals surface area contributed by atoms with Gasteiger partial charge in [-0.25, -0.2) is 4.79 Å². The van der Waals surface area contributed by atoms with Crippen molar-refractivity contribution in [3.05, 3.63) is 40.5 Å². The van der Waals surface area contributed by atoms with Crippen LogP contribution >= 0.6 is 0 Å². The summed E-state index contributed by atoms with van der Waals surface area (Å²) in [5, 5.41) is 9.68. The number of methoxy groups -OCH3 is 3. The van der Waals surface area contributed by atoms with Crippen molar-refractivity contribution in [2.45, 2.75) is 12.3 Å². The van der Waals surface area contributed by atoms with E-state index in [9.17, 15) is 14.9 Å². The summed E-state index contributed by atoms with van der Waals surface area (Å²) in [4.78, 5) is 24.4. The molecule has 1 atom stereocenters. The third-order valence-corrected chi connectivity index (χ3v) is 4.45. The zero-order valence-electron chi connectivity index (χ0n) is 15.9. The van der Waals surface area contributed by atoms with Crippen molar-refractivity contribution in [1.82, 2.24) is 0 Å². The van der Waals surface area contributed by atoms with E-state index in [0.717, 1.165) is 0 Å². The van der Waals surface area contributed by atoms with Crippen molar-refractivity contribution in [2.75, 3.05) is 28.1 Å². The van der Waals surface area contributed by atoms with Gasteiger partial charge in [-0.2, -0.15) is 5.26 Å². The number of nitrogens with two attached hydrogens (primary N) is 1. The fourth-order valence-corrected chi connectivity index (χ4v) is 3.14. The molecule has 0 spiro atoms. The Morgan fingerprint density at radius 1 is 1.24 bits per heavy atom. The third-order valence-electron chi connectivity index (χ3n) is 4.45. The van der Waals surface area contributed by atoms with E-state index in [1.54, 1.807) is 12.1 Å². The van der Waals surface area contributed by atoms with E-state index in [4.69, 9.17) is 29.4 Å².